The van der Waals surface area contributed by atoms with E-state index in [0.717, 1.165) is 28.8 Å². The van der Waals surface area contributed by atoms with Gasteiger partial charge < -0.3 is 25.1 Å². The highest BCUT2D eigenvalue weighted by Crippen LogP contribution is 2.41. The van der Waals surface area contributed by atoms with Gasteiger partial charge in [0.2, 0.25) is 5.60 Å². The Bertz CT molecular complexity index is 1570. The molecule has 8 nitrogen and oxygen atoms in total. The van der Waals surface area contributed by atoms with E-state index in [9.17, 15) is 22.4 Å². The Hall–Kier alpha value is -3.38. The van der Waals surface area contributed by atoms with Gasteiger partial charge in [-0.15, -0.1) is 0 Å². The number of fused-ring (bicyclic) bond motifs is 1. The number of anilines is 1. The van der Waals surface area contributed by atoms with E-state index in [1.807, 2.05) is 0 Å². The highest BCUT2D eigenvalue weighted by molar-refractivity contribution is 6.35. The van der Waals surface area contributed by atoms with Crippen LogP contribution in [0.4, 0.5) is 23.2 Å². The summed E-state index contributed by atoms with van der Waals surface area (Å²) in [7, 11) is -3.01. The number of amidine groups is 1. The van der Waals surface area contributed by atoms with Crippen LogP contribution in [0, 0.1) is 5.82 Å². The number of halogens is 5. The lowest BCUT2D eigenvalue weighted by molar-refractivity contribution is -0.249. The molecule has 3 N–H and O–H groups in total. The molecule has 0 saturated carbocycles. The molecule has 0 saturated heterocycles. The number of carbonyl (C=O) groups excluding carboxylic acids is 1. The first kappa shape index (κ1) is 19.8. The molecule has 1 aliphatic heterocycles. The van der Waals surface area contributed by atoms with E-state index < -0.39 is 67.0 Å². The number of hydrogen-bond acceptors (Lipinski definition) is 6. The first-order chi connectivity index (χ1) is 18.8. The molecule has 1 amide bonds. The van der Waals surface area contributed by atoms with Crippen LogP contribution in [0.25, 0.3) is 11.0 Å². The SMILES string of the molecule is [2H]C([2H])n1cc(Cl)c2cc(OC([2H])([2H])[2H])c(C(=O)Nc3ccc(F)c(C4(C)COC(C)(C(F)(F)F)C(N)=N4)c3)nc21. The number of rotatable bonds is 4. The average molecular weight is 533 g/mol. The zero-order valence-electron chi connectivity index (χ0n) is 23.7. The zero-order chi connectivity index (χ0) is 30.7. The number of aromatic nitrogens is 2. The Morgan fingerprint density at radius 1 is 1.36 bits per heavy atom. The van der Waals surface area contributed by atoms with Crippen LogP contribution in [0.15, 0.2) is 35.5 Å². The molecule has 0 spiro atoms. The third-order valence-electron chi connectivity index (χ3n) is 5.89. The minimum atomic E-state index is -4.89. The van der Waals surface area contributed by atoms with Crippen molar-refractivity contribution in [2.75, 3.05) is 19.0 Å². The summed E-state index contributed by atoms with van der Waals surface area (Å²) in [5.41, 5.74) is 0.0531. The topological polar surface area (TPSA) is 104 Å². The van der Waals surface area contributed by atoms with E-state index in [0.29, 0.717) is 6.92 Å². The van der Waals surface area contributed by atoms with E-state index >= 15 is 0 Å². The molecule has 0 radical (unpaired) electrons. The first-order valence-electron chi connectivity index (χ1n) is 12.8. The van der Waals surface area contributed by atoms with Crippen molar-refractivity contribution in [2.45, 2.75) is 31.2 Å². The van der Waals surface area contributed by atoms with E-state index in [2.05, 4.69) is 15.3 Å². The predicted octanol–water partition coefficient (Wildman–Crippen LogP) is 4.55. The molecule has 3 aromatic rings. The number of aliphatic imine (C=N–C) groups is 1. The lowest BCUT2D eigenvalue weighted by Gasteiger charge is -2.41. The summed E-state index contributed by atoms with van der Waals surface area (Å²) in [4.78, 5) is 21.3. The summed E-state index contributed by atoms with van der Waals surface area (Å²) in [6.45, 7) is -0.318. The van der Waals surface area contributed by atoms with Gasteiger partial charge in [0.15, 0.2) is 11.4 Å². The van der Waals surface area contributed by atoms with Gasteiger partial charge in [0, 0.05) is 32.6 Å². The third kappa shape index (κ3) is 4.13. The first-order valence-corrected chi connectivity index (χ1v) is 10.6. The van der Waals surface area contributed by atoms with Crippen LogP contribution >= 0.6 is 11.6 Å². The van der Waals surface area contributed by atoms with Crippen molar-refractivity contribution >= 4 is 40.1 Å². The molecule has 1 aromatic carbocycles. The lowest BCUT2D eigenvalue weighted by atomic mass is 9.89. The maximum atomic E-state index is 14.9. The van der Waals surface area contributed by atoms with Gasteiger partial charge in [0.1, 0.15) is 22.8 Å². The number of ether oxygens (including phenoxy) is 2. The van der Waals surface area contributed by atoms with Crippen LogP contribution in [0.1, 0.15) is 36.8 Å². The molecule has 2 unspecified atom stereocenters. The summed E-state index contributed by atoms with van der Waals surface area (Å²) >= 11 is 6.15. The molecule has 4 rings (SSSR count). The Morgan fingerprint density at radius 2 is 2.11 bits per heavy atom. The molecule has 2 aromatic heterocycles. The van der Waals surface area contributed by atoms with Crippen LogP contribution in [0.3, 0.4) is 0 Å². The molecule has 1 aliphatic rings. The number of benzene rings is 1. The minimum absolute atomic E-state index is 0.0203. The van der Waals surface area contributed by atoms with E-state index in [-0.39, 0.29) is 27.3 Å². The minimum Gasteiger partial charge on any atom is -0.494 e. The third-order valence-corrected chi connectivity index (χ3v) is 6.19. The van der Waals surface area contributed by atoms with Gasteiger partial charge in [-0.3, -0.25) is 9.79 Å². The summed E-state index contributed by atoms with van der Waals surface area (Å²) in [5.74, 6) is -3.33. The number of methoxy groups -OCH3 is 1. The highest BCUT2D eigenvalue weighted by atomic mass is 35.5. The Kier molecular flexibility index (Phi) is 4.74. The Labute approximate surface area is 215 Å². The van der Waals surface area contributed by atoms with Crippen molar-refractivity contribution in [1.29, 1.82) is 0 Å². The normalized spacial score (nSPS) is 24.9. The number of amides is 1. The largest absolute Gasteiger partial charge is 0.494 e. The van der Waals surface area contributed by atoms with E-state index in [1.54, 1.807) is 0 Å². The van der Waals surface area contributed by atoms with Crippen molar-refractivity contribution < 1.29 is 38.7 Å². The van der Waals surface area contributed by atoms with Crippen molar-refractivity contribution in [3.05, 3.63) is 52.6 Å². The summed E-state index contributed by atoms with van der Waals surface area (Å²) in [6, 6.07) is 4.31. The van der Waals surface area contributed by atoms with Crippen molar-refractivity contribution in [1.82, 2.24) is 9.55 Å². The molecule has 13 heteroatoms. The molecule has 192 valence electrons. The van der Waals surface area contributed by atoms with Gasteiger partial charge in [0.05, 0.1) is 22.8 Å². The molecular weight excluding hydrogens is 506 g/mol. The fraction of sp³-hybridized carbons (Fsp3) is 0.348. The molecule has 0 fully saturated rings. The summed E-state index contributed by atoms with van der Waals surface area (Å²) in [5, 5.41) is 2.55. The molecule has 0 aliphatic carbocycles. The predicted molar refractivity (Wildman–Crippen MR) is 126 cm³/mol. The van der Waals surface area contributed by atoms with Crippen molar-refractivity contribution in [2.24, 2.45) is 17.7 Å². The number of carbonyl (C=O) groups is 1. The van der Waals surface area contributed by atoms with Gasteiger partial charge >= 0.3 is 6.18 Å². The van der Waals surface area contributed by atoms with Crippen molar-refractivity contribution in [3.8, 4) is 5.75 Å². The molecular formula is C23H22ClF4N5O3. The second kappa shape index (κ2) is 8.63. The second-order valence-corrected chi connectivity index (χ2v) is 8.84. The molecule has 0 bridgehead atoms. The zero-order valence-corrected chi connectivity index (χ0v) is 19.5. The second-order valence-electron chi connectivity index (χ2n) is 8.43. The van der Waals surface area contributed by atoms with E-state index in [1.165, 1.54) is 13.1 Å². The van der Waals surface area contributed by atoms with Crippen LogP contribution in [0.5, 0.6) is 5.75 Å². The molecule has 36 heavy (non-hydrogen) atoms. The van der Waals surface area contributed by atoms with Gasteiger partial charge in [-0.2, -0.15) is 13.2 Å². The Balaban J connectivity index is 1.74. The van der Waals surface area contributed by atoms with E-state index in [4.69, 9.17) is 33.7 Å². The number of hydrogen-bond donors (Lipinski definition) is 2. The quantitative estimate of drug-likeness (QED) is 0.480. The van der Waals surface area contributed by atoms with Crippen molar-refractivity contribution in [3.63, 3.8) is 0 Å². The fourth-order valence-corrected chi connectivity index (χ4v) is 3.93. The number of pyridine rings is 1. The number of alkyl halides is 3. The average Bonchev–Trinajstić information content (AvgIpc) is 3.16. The standard InChI is InChI=1S/C23H22ClF4N5O3/c1-21(10-36-22(2,20(29)32-21)23(26,27)28)13-7-11(5-6-15(13)25)30-19(34)17-16(35-4)8-12-14(24)9-33(3)18(12)31-17/h5-9H,10H2,1-4H3,(H2,29,32)(H,30,34)/i3D2,4D3. The van der Waals surface area contributed by atoms with Gasteiger partial charge in [0.25, 0.3) is 5.91 Å². The number of nitrogens with two attached hydrogens (primary N) is 1. The number of nitrogens with one attached hydrogen (secondary N) is 1. The van der Waals surface area contributed by atoms with Gasteiger partial charge in [-0.25, -0.2) is 9.37 Å². The molecule has 2 atom stereocenters. The number of nitrogens with zero attached hydrogens (tertiary/aromatic N) is 3. The van der Waals surface area contributed by atoms with Gasteiger partial charge in [-0.1, -0.05) is 11.6 Å². The van der Waals surface area contributed by atoms with Crippen LogP contribution in [0.2, 0.25) is 5.02 Å². The molecule has 3 heterocycles. The maximum absolute atomic E-state index is 14.9. The fourth-order valence-electron chi connectivity index (χ4n) is 3.69. The van der Waals surface area contributed by atoms with Crippen LogP contribution < -0.4 is 15.8 Å². The smallest absolute Gasteiger partial charge is 0.424 e. The summed E-state index contributed by atoms with van der Waals surface area (Å²) in [6.07, 6.45) is -3.68. The van der Waals surface area contributed by atoms with Crippen LogP contribution in [-0.2, 0) is 17.3 Å². The maximum Gasteiger partial charge on any atom is 0.424 e. The van der Waals surface area contributed by atoms with Gasteiger partial charge in [-0.05, 0) is 38.1 Å². The summed E-state index contributed by atoms with van der Waals surface area (Å²) < 4.78 is 104. The van der Waals surface area contributed by atoms with Crippen LogP contribution in [-0.4, -0.2) is 46.7 Å². The highest BCUT2D eigenvalue weighted by Gasteiger charge is 2.59. The lowest BCUT2D eigenvalue weighted by Crippen LogP contribution is -2.60. The Morgan fingerprint density at radius 3 is 2.75 bits per heavy atom. The monoisotopic (exact) mass is 532 g/mol. The number of aryl methyl sites for hydroxylation is 1.